The molecular weight excluding hydrogens is 402 g/mol. The largest absolute Gasteiger partial charge is 0.492 e. The summed E-state index contributed by atoms with van der Waals surface area (Å²) < 4.78 is 5.80. The molecule has 0 saturated carbocycles. The highest BCUT2D eigenvalue weighted by molar-refractivity contribution is 5.88. The minimum absolute atomic E-state index is 0.0981. The van der Waals surface area contributed by atoms with E-state index >= 15 is 0 Å². The number of aliphatic imine (C=N–C) groups is 1. The summed E-state index contributed by atoms with van der Waals surface area (Å²) in [6.45, 7) is 8.58. The van der Waals surface area contributed by atoms with Crippen molar-refractivity contribution >= 4 is 17.6 Å². The first-order valence-electron chi connectivity index (χ1n) is 11.4. The number of piperidine rings is 1. The van der Waals surface area contributed by atoms with E-state index in [1.807, 2.05) is 24.3 Å². The van der Waals surface area contributed by atoms with Crippen molar-refractivity contribution in [2.24, 2.45) is 4.99 Å². The molecule has 0 aliphatic carbocycles. The minimum atomic E-state index is -0.0981. The molecule has 0 atom stereocenters. The Bertz CT molecular complexity index is 864. The predicted octanol–water partition coefficient (Wildman–Crippen LogP) is 3.24. The fourth-order valence-electron chi connectivity index (χ4n) is 3.78. The summed E-state index contributed by atoms with van der Waals surface area (Å²) >= 11 is 0. The van der Waals surface area contributed by atoms with Crippen molar-refractivity contribution in [1.82, 2.24) is 15.5 Å². The Kier molecular flexibility index (Phi) is 9.37. The van der Waals surface area contributed by atoms with Crippen molar-refractivity contribution in [2.75, 3.05) is 38.1 Å². The summed E-state index contributed by atoms with van der Waals surface area (Å²) in [4.78, 5) is 18.4. The predicted molar refractivity (Wildman–Crippen MR) is 130 cm³/mol. The van der Waals surface area contributed by atoms with Gasteiger partial charge in [-0.05, 0) is 37.5 Å². The van der Waals surface area contributed by atoms with Gasteiger partial charge in [-0.25, -0.2) is 4.99 Å². The summed E-state index contributed by atoms with van der Waals surface area (Å²) in [5.74, 6) is 1.46. The number of hydrogen-bond donors (Lipinski definition) is 3. The van der Waals surface area contributed by atoms with E-state index in [0.29, 0.717) is 19.2 Å². The lowest BCUT2D eigenvalue weighted by Gasteiger charge is -2.33. The van der Waals surface area contributed by atoms with Gasteiger partial charge in [-0.15, -0.1) is 0 Å². The molecule has 7 nitrogen and oxygen atoms in total. The Morgan fingerprint density at radius 1 is 1.12 bits per heavy atom. The average Bonchev–Trinajstić information content (AvgIpc) is 2.79. The van der Waals surface area contributed by atoms with Crippen LogP contribution in [0.5, 0.6) is 5.75 Å². The molecule has 0 radical (unpaired) electrons. The number of guanidine groups is 1. The van der Waals surface area contributed by atoms with Crippen LogP contribution in [0, 0.1) is 0 Å². The molecule has 3 N–H and O–H groups in total. The lowest BCUT2D eigenvalue weighted by atomic mass is 10.0. The molecule has 1 heterocycles. The summed E-state index contributed by atoms with van der Waals surface area (Å²) in [7, 11) is 0. The number of hydrogen-bond acceptors (Lipinski definition) is 4. The van der Waals surface area contributed by atoms with Crippen molar-refractivity contribution < 1.29 is 9.53 Å². The van der Waals surface area contributed by atoms with Gasteiger partial charge in [0.1, 0.15) is 12.4 Å². The van der Waals surface area contributed by atoms with Gasteiger partial charge in [-0.1, -0.05) is 36.4 Å². The highest BCUT2D eigenvalue weighted by Gasteiger charge is 2.20. The molecule has 3 rings (SSSR count). The summed E-state index contributed by atoms with van der Waals surface area (Å²) in [5, 5.41) is 9.68. The zero-order valence-corrected chi connectivity index (χ0v) is 19.1. The van der Waals surface area contributed by atoms with Crippen LogP contribution in [0.2, 0.25) is 0 Å². The Labute approximate surface area is 191 Å². The van der Waals surface area contributed by atoms with Crippen LogP contribution in [-0.4, -0.2) is 55.6 Å². The van der Waals surface area contributed by atoms with Crippen molar-refractivity contribution in [1.29, 1.82) is 0 Å². The van der Waals surface area contributed by atoms with Crippen LogP contribution < -0.4 is 20.7 Å². The lowest BCUT2D eigenvalue weighted by molar-refractivity contribution is -0.114. The molecule has 0 spiro atoms. The fraction of sp³-hybridized carbons (Fsp3) is 0.440. The van der Waals surface area contributed by atoms with Crippen LogP contribution in [0.25, 0.3) is 0 Å². The second-order valence-corrected chi connectivity index (χ2v) is 8.00. The quantitative estimate of drug-likeness (QED) is 0.319. The van der Waals surface area contributed by atoms with E-state index in [4.69, 9.17) is 4.74 Å². The van der Waals surface area contributed by atoms with Crippen molar-refractivity contribution in [2.45, 2.75) is 39.3 Å². The van der Waals surface area contributed by atoms with E-state index in [-0.39, 0.29) is 5.91 Å². The summed E-state index contributed by atoms with van der Waals surface area (Å²) in [6.07, 6.45) is 2.20. The lowest BCUT2D eigenvalue weighted by Crippen LogP contribution is -2.48. The maximum atomic E-state index is 11.2. The second-order valence-electron chi connectivity index (χ2n) is 8.00. The van der Waals surface area contributed by atoms with Crippen molar-refractivity contribution in [3.05, 3.63) is 60.2 Å². The van der Waals surface area contributed by atoms with Crippen LogP contribution in [0.4, 0.5) is 5.69 Å². The number of nitrogens with zero attached hydrogens (tertiary/aromatic N) is 2. The highest BCUT2D eigenvalue weighted by Crippen LogP contribution is 2.17. The van der Waals surface area contributed by atoms with E-state index < -0.39 is 0 Å². The number of carbonyl (C=O) groups excluding carboxylic acids is 1. The Balaban J connectivity index is 1.41. The number of ether oxygens (including phenoxy) is 1. The Morgan fingerprint density at radius 3 is 2.62 bits per heavy atom. The number of likely N-dealkylation sites (tertiary alicyclic amines) is 1. The van der Waals surface area contributed by atoms with Gasteiger partial charge < -0.3 is 20.7 Å². The molecule has 0 bridgehead atoms. The molecule has 2 aromatic carbocycles. The topological polar surface area (TPSA) is 78.0 Å². The van der Waals surface area contributed by atoms with Crippen molar-refractivity contribution in [3.63, 3.8) is 0 Å². The number of carbonyl (C=O) groups is 1. The zero-order valence-electron chi connectivity index (χ0n) is 19.1. The molecule has 1 aliphatic rings. The SMILES string of the molecule is CCNC(=NCCOc1cccc(NC(C)=O)c1)NC1CCN(Cc2ccccc2)CC1. The molecule has 172 valence electrons. The van der Waals surface area contributed by atoms with E-state index in [1.165, 1.54) is 12.5 Å². The molecule has 32 heavy (non-hydrogen) atoms. The molecule has 1 saturated heterocycles. The molecule has 1 amide bonds. The number of benzene rings is 2. The first-order valence-corrected chi connectivity index (χ1v) is 11.4. The standard InChI is InChI=1S/C25H35N5O2/c1-3-26-25(27-14-17-32-24-11-7-10-23(18-24)28-20(2)31)29-22-12-15-30(16-13-22)19-21-8-5-4-6-9-21/h4-11,18,22H,3,12-17,19H2,1-2H3,(H,28,31)(H2,26,27,29). The molecule has 1 aliphatic heterocycles. The third-order valence-electron chi connectivity index (χ3n) is 5.31. The smallest absolute Gasteiger partial charge is 0.221 e. The molecule has 7 heteroatoms. The van der Waals surface area contributed by atoms with Gasteiger partial charge in [0, 0.05) is 50.9 Å². The fourth-order valence-corrected chi connectivity index (χ4v) is 3.78. The highest BCUT2D eigenvalue weighted by atomic mass is 16.5. The molecule has 0 unspecified atom stereocenters. The zero-order chi connectivity index (χ0) is 22.6. The van der Waals surface area contributed by atoms with E-state index in [9.17, 15) is 4.79 Å². The third-order valence-corrected chi connectivity index (χ3v) is 5.31. The Morgan fingerprint density at radius 2 is 1.91 bits per heavy atom. The molecular formula is C25H35N5O2. The van der Waals surface area contributed by atoms with Gasteiger partial charge in [-0.2, -0.15) is 0 Å². The van der Waals surface area contributed by atoms with Crippen LogP contribution in [0.3, 0.4) is 0 Å². The van der Waals surface area contributed by atoms with Gasteiger partial charge in [0.15, 0.2) is 5.96 Å². The van der Waals surface area contributed by atoms with Crippen LogP contribution in [0.1, 0.15) is 32.3 Å². The van der Waals surface area contributed by atoms with Crippen LogP contribution in [0.15, 0.2) is 59.6 Å². The third kappa shape index (κ3) is 8.23. The number of amides is 1. The van der Waals surface area contributed by atoms with Crippen molar-refractivity contribution in [3.8, 4) is 5.75 Å². The number of nitrogens with one attached hydrogen (secondary N) is 3. The monoisotopic (exact) mass is 437 g/mol. The maximum absolute atomic E-state index is 11.2. The summed E-state index contributed by atoms with van der Waals surface area (Å²) in [5.41, 5.74) is 2.10. The van der Waals surface area contributed by atoms with Gasteiger partial charge in [0.25, 0.3) is 0 Å². The number of rotatable bonds is 9. The Hall–Kier alpha value is -3.06. The molecule has 0 aromatic heterocycles. The van der Waals surface area contributed by atoms with Crippen LogP contribution in [-0.2, 0) is 11.3 Å². The summed E-state index contributed by atoms with van der Waals surface area (Å²) in [6, 6.07) is 18.5. The second kappa shape index (κ2) is 12.7. The van der Waals surface area contributed by atoms with Gasteiger partial charge in [-0.3, -0.25) is 9.69 Å². The number of anilines is 1. The van der Waals surface area contributed by atoms with E-state index in [1.54, 1.807) is 0 Å². The van der Waals surface area contributed by atoms with E-state index in [2.05, 4.69) is 63.1 Å². The molecule has 2 aromatic rings. The maximum Gasteiger partial charge on any atom is 0.221 e. The first kappa shape index (κ1) is 23.6. The van der Waals surface area contributed by atoms with Gasteiger partial charge >= 0.3 is 0 Å². The molecule has 1 fully saturated rings. The van der Waals surface area contributed by atoms with Gasteiger partial charge in [0.05, 0.1) is 6.54 Å². The minimum Gasteiger partial charge on any atom is -0.492 e. The normalized spacial score (nSPS) is 15.2. The first-order chi connectivity index (χ1) is 15.6. The van der Waals surface area contributed by atoms with Crippen LogP contribution >= 0.6 is 0 Å². The van der Waals surface area contributed by atoms with E-state index in [0.717, 1.165) is 56.4 Å². The average molecular weight is 438 g/mol. The van der Waals surface area contributed by atoms with Gasteiger partial charge in [0.2, 0.25) is 5.91 Å².